The van der Waals surface area contributed by atoms with Crippen LogP contribution in [0.15, 0.2) is 23.3 Å². The van der Waals surface area contributed by atoms with Gasteiger partial charge in [-0.25, -0.2) is 19.8 Å². The summed E-state index contributed by atoms with van der Waals surface area (Å²) in [6.07, 6.45) is 0.395. The summed E-state index contributed by atoms with van der Waals surface area (Å²) in [6, 6.07) is 5.33. The van der Waals surface area contributed by atoms with Crippen LogP contribution in [0, 0.1) is 29.9 Å². The highest BCUT2D eigenvalue weighted by molar-refractivity contribution is 5.96. The highest BCUT2D eigenvalue weighted by Gasteiger charge is 2.37. The fourth-order valence-electron chi connectivity index (χ4n) is 3.41. The Morgan fingerprint density at radius 1 is 1.37 bits per heavy atom. The van der Waals surface area contributed by atoms with Crippen molar-refractivity contribution in [2.24, 2.45) is 11.0 Å². The number of guanidine groups is 1. The molecular formula is C18H24N4O5. The van der Waals surface area contributed by atoms with E-state index in [1.165, 1.54) is 4.90 Å². The van der Waals surface area contributed by atoms with Crippen molar-refractivity contribution in [1.29, 1.82) is 0 Å². The Morgan fingerprint density at radius 2 is 2.15 bits per heavy atom. The molecule has 2 aliphatic rings. The second-order valence-corrected chi connectivity index (χ2v) is 7.10. The van der Waals surface area contributed by atoms with Gasteiger partial charge in [0.15, 0.2) is 5.03 Å². The molecule has 1 aromatic rings. The molecule has 0 spiro atoms. The Hall–Kier alpha value is -2.68. The number of carbonyl (C=O) groups excluding carboxylic acids is 1. The fraction of sp³-hybridized carbons (Fsp3) is 0.556. The van der Waals surface area contributed by atoms with Crippen molar-refractivity contribution in [2.45, 2.75) is 33.3 Å². The van der Waals surface area contributed by atoms with Gasteiger partial charge in [0.05, 0.1) is 19.3 Å². The van der Waals surface area contributed by atoms with Crippen LogP contribution >= 0.6 is 0 Å². The van der Waals surface area contributed by atoms with Crippen LogP contribution in [-0.4, -0.2) is 59.2 Å². The Balaban J connectivity index is 1.72. The van der Waals surface area contributed by atoms with Gasteiger partial charge in [0.25, 0.3) is 5.96 Å². The number of amides is 1. The zero-order valence-corrected chi connectivity index (χ0v) is 15.8. The maximum absolute atomic E-state index is 12.6. The maximum Gasteiger partial charge on any atom is 0.422 e. The van der Waals surface area contributed by atoms with E-state index < -0.39 is 11.1 Å². The van der Waals surface area contributed by atoms with E-state index in [4.69, 9.17) is 9.47 Å². The number of hydrazone groups is 1. The summed E-state index contributed by atoms with van der Waals surface area (Å²) in [6.45, 7) is 7.83. The molecule has 9 nitrogen and oxygen atoms in total. The van der Waals surface area contributed by atoms with Gasteiger partial charge >= 0.3 is 6.09 Å². The van der Waals surface area contributed by atoms with Crippen LogP contribution in [0.4, 0.5) is 4.79 Å². The minimum Gasteiger partial charge on any atom is -0.410 e. The zero-order chi connectivity index (χ0) is 19.6. The number of carbonyl (C=O) groups is 1. The van der Waals surface area contributed by atoms with E-state index in [0.717, 1.165) is 17.5 Å². The Bertz CT molecular complexity index is 766. The van der Waals surface area contributed by atoms with Crippen LogP contribution in [0.25, 0.3) is 0 Å². The van der Waals surface area contributed by atoms with Crippen molar-refractivity contribution in [1.82, 2.24) is 9.80 Å². The molecule has 2 atom stereocenters. The van der Waals surface area contributed by atoms with E-state index in [1.54, 1.807) is 17.0 Å². The minimum atomic E-state index is -0.780. The molecule has 0 saturated carbocycles. The molecule has 0 bridgehead atoms. The number of hydrogen-bond donors (Lipinski definition) is 0. The fourth-order valence-corrected chi connectivity index (χ4v) is 3.41. The largest absolute Gasteiger partial charge is 0.422 e. The average Bonchev–Trinajstić information content (AvgIpc) is 3.17. The van der Waals surface area contributed by atoms with E-state index in [9.17, 15) is 14.9 Å². The zero-order valence-electron chi connectivity index (χ0n) is 15.8. The highest BCUT2D eigenvalue weighted by atomic mass is 16.7. The topological polar surface area (TPSA) is 97.5 Å². The predicted octanol–water partition coefficient (Wildman–Crippen LogP) is 2.39. The van der Waals surface area contributed by atoms with Gasteiger partial charge in [-0.3, -0.25) is 0 Å². The molecule has 0 aliphatic carbocycles. The van der Waals surface area contributed by atoms with Crippen molar-refractivity contribution in [3.8, 4) is 5.75 Å². The van der Waals surface area contributed by atoms with Crippen molar-refractivity contribution in [3.05, 3.63) is 39.4 Å². The summed E-state index contributed by atoms with van der Waals surface area (Å²) in [4.78, 5) is 26.6. The quantitative estimate of drug-likeness (QED) is 0.591. The van der Waals surface area contributed by atoms with Crippen LogP contribution in [0.5, 0.6) is 5.75 Å². The summed E-state index contributed by atoms with van der Waals surface area (Å²) < 4.78 is 11.0. The third-order valence-corrected chi connectivity index (χ3v) is 4.95. The van der Waals surface area contributed by atoms with Gasteiger partial charge in [0.1, 0.15) is 10.9 Å². The SMILES string of the molecule is Cc1ccc(OC(=O)N2CCN(CC3COC(C)C3)C2=N[N+](=O)[O-])cc1C. The van der Waals surface area contributed by atoms with E-state index in [1.807, 2.05) is 26.8 Å². The van der Waals surface area contributed by atoms with E-state index in [0.29, 0.717) is 32.0 Å². The molecule has 2 fully saturated rings. The molecule has 1 aromatic carbocycles. The summed E-state index contributed by atoms with van der Waals surface area (Å²) in [7, 11) is 0. The van der Waals surface area contributed by atoms with Gasteiger partial charge < -0.3 is 14.4 Å². The summed E-state index contributed by atoms with van der Waals surface area (Å²) >= 11 is 0. The molecule has 27 heavy (non-hydrogen) atoms. The summed E-state index contributed by atoms with van der Waals surface area (Å²) in [5.41, 5.74) is 2.09. The number of rotatable bonds is 4. The molecule has 2 aliphatic heterocycles. The number of nitro groups is 1. The standard InChI is InChI=1S/C18H24N4O5/c1-12-4-5-16(8-13(12)2)27-18(23)21-7-6-20(17(21)19-22(24)25)10-15-9-14(3)26-11-15/h4-5,8,14-15H,6-7,9-11H2,1-3H3. The minimum absolute atomic E-state index is 0.0217. The van der Waals surface area contributed by atoms with Crippen LogP contribution in [0.3, 0.4) is 0 Å². The van der Waals surface area contributed by atoms with Gasteiger partial charge in [0, 0.05) is 19.0 Å². The van der Waals surface area contributed by atoms with Crippen LogP contribution in [0.1, 0.15) is 24.5 Å². The lowest BCUT2D eigenvalue weighted by Crippen LogP contribution is -2.41. The Morgan fingerprint density at radius 3 is 2.78 bits per heavy atom. The monoisotopic (exact) mass is 376 g/mol. The summed E-state index contributed by atoms with van der Waals surface area (Å²) in [5, 5.41) is 13.7. The molecule has 3 rings (SSSR count). The molecule has 9 heteroatoms. The van der Waals surface area contributed by atoms with Gasteiger partial charge in [-0.15, -0.1) is 0 Å². The molecule has 0 N–H and O–H groups in total. The van der Waals surface area contributed by atoms with Crippen molar-refractivity contribution in [2.75, 3.05) is 26.2 Å². The second kappa shape index (κ2) is 7.91. The smallest absolute Gasteiger partial charge is 0.410 e. The van der Waals surface area contributed by atoms with Gasteiger partial charge in [0.2, 0.25) is 0 Å². The molecule has 0 aromatic heterocycles. The number of benzene rings is 1. The lowest BCUT2D eigenvalue weighted by Gasteiger charge is -2.21. The van der Waals surface area contributed by atoms with Gasteiger partial charge in [-0.1, -0.05) is 6.07 Å². The van der Waals surface area contributed by atoms with Crippen molar-refractivity contribution in [3.63, 3.8) is 0 Å². The molecule has 146 valence electrons. The van der Waals surface area contributed by atoms with Crippen LogP contribution < -0.4 is 4.74 Å². The summed E-state index contributed by atoms with van der Waals surface area (Å²) in [5.74, 6) is 0.682. The highest BCUT2D eigenvalue weighted by Crippen LogP contribution is 2.23. The second-order valence-electron chi connectivity index (χ2n) is 7.10. The van der Waals surface area contributed by atoms with Crippen molar-refractivity contribution < 1.29 is 19.3 Å². The Kier molecular flexibility index (Phi) is 5.59. The number of nitrogens with zero attached hydrogens (tertiary/aromatic N) is 4. The lowest BCUT2D eigenvalue weighted by molar-refractivity contribution is -0.486. The van der Waals surface area contributed by atoms with Gasteiger partial charge in [-0.2, -0.15) is 0 Å². The predicted molar refractivity (Wildman–Crippen MR) is 98.2 cm³/mol. The molecule has 2 saturated heterocycles. The average molecular weight is 376 g/mol. The molecular weight excluding hydrogens is 352 g/mol. The van der Waals surface area contributed by atoms with Crippen LogP contribution in [0.2, 0.25) is 0 Å². The third-order valence-electron chi connectivity index (χ3n) is 4.95. The van der Waals surface area contributed by atoms with E-state index in [-0.39, 0.29) is 18.0 Å². The first-order chi connectivity index (χ1) is 12.8. The normalized spacial score (nSPS) is 23.9. The maximum atomic E-state index is 12.6. The van der Waals surface area contributed by atoms with Gasteiger partial charge in [-0.05, 0) is 50.5 Å². The van der Waals surface area contributed by atoms with Crippen molar-refractivity contribution >= 4 is 12.1 Å². The Labute approximate surface area is 157 Å². The first-order valence-electron chi connectivity index (χ1n) is 8.99. The van der Waals surface area contributed by atoms with Crippen LogP contribution in [-0.2, 0) is 4.74 Å². The van der Waals surface area contributed by atoms with E-state index >= 15 is 0 Å². The molecule has 2 heterocycles. The number of aryl methyl sites for hydroxylation is 2. The molecule has 2 unspecified atom stereocenters. The first-order valence-corrected chi connectivity index (χ1v) is 8.99. The van der Waals surface area contributed by atoms with E-state index in [2.05, 4.69) is 5.10 Å². The molecule has 1 amide bonds. The third kappa shape index (κ3) is 4.54. The number of ether oxygens (including phenoxy) is 2. The molecule has 0 radical (unpaired) electrons. The number of hydrogen-bond acceptors (Lipinski definition) is 5. The first kappa shape index (κ1) is 19.1. The lowest BCUT2D eigenvalue weighted by atomic mass is 10.1.